The number of carbonyl (C=O) groups excluding carboxylic acids is 2. The quantitative estimate of drug-likeness (QED) is 0.770. The molecule has 0 saturated carbocycles. The zero-order valence-electron chi connectivity index (χ0n) is 15.1. The van der Waals surface area contributed by atoms with Gasteiger partial charge >= 0.3 is 0 Å². The van der Waals surface area contributed by atoms with Gasteiger partial charge < -0.3 is 10.6 Å². The van der Waals surface area contributed by atoms with Gasteiger partial charge in [-0.25, -0.2) is 12.8 Å². The fourth-order valence-electron chi connectivity index (χ4n) is 2.73. The summed E-state index contributed by atoms with van der Waals surface area (Å²) in [5.41, 5.74) is 0.860. The lowest BCUT2D eigenvalue weighted by Gasteiger charge is -2.11. The second kappa shape index (κ2) is 8.32. The van der Waals surface area contributed by atoms with E-state index in [0.717, 1.165) is 4.90 Å². The van der Waals surface area contributed by atoms with E-state index in [4.69, 9.17) is 0 Å². The second-order valence-corrected chi connectivity index (χ2v) is 10.1. The summed E-state index contributed by atoms with van der Waals surface area (Å²) in [7, 11) is -3.71. The molecule has 28 heavy (non-hydrogen) atoms. The molecule has 0 fully saturated rings. The van der Waals surface area contributed by atoms with Crippen molar-refractivity contribution in [2.24, 2.45) is 0 Å². The van der Waals surface area contributed by atoms with Crippen molar-refractivity contribution < 1.29 is 22.4 Å². The number of amides is 2. The fourth-order valence-corrected chi connectivity index (χ4v) is 5.04. The lowest BCUT2D eigenvalue weighted by Crippen LogP contribution is -2.18. The van der Waals surface area contributed by atoms with Crippen LogP contribution >= 0.6 is 11.8 Å². The number of thioether (sulfide) groups is 1. The van der Waals surface area contributed by atoms with Crippen LogP contribution in [-0.4, -0.2) is 31.2 Å². The van der Waals surface area contributed by atoms with Gasteiger partial charge in [0.25, 0.3) is 0 Å². The molecule has 0 aliphatic carbocycles. The Morgan fingerprint density at radius 1 is 1.25 bits per heavy atom. The van der Waals surface area contributed by atoms with E-state index >= 15 is 0 Å². The third-order valence-corrected chi connectivity index (χ3v) is 7.00. The van der Waals surface area contributed by atoms with Gasteiger partial charge in [0.1, 0.15) is 5.82 Å². The van der Waals surface area contributed by atoms with Crippen LogP contribution in [0.25, 0.3) is 0 Å². The number of anilines is 2. The average molecular weight is 423 g/mol. The first-order valence-electron chi connectivity index (χ1n) is 8.62. The molecule has 2 N–H and O–H groups in total. The molecule has 3 rings (SSSR count). The number of fused-ring (bicyclic) bond motifs is 1. The summed E-state index contributed by atoms with van der Waals surface area (Å²) in [6, 6.07) is 9.80. The topological polar surface area (TPSA) is 92.3 Å². The summed E-state index contributed by atoms with van der Waals surface area (Å²) in [5.74, 6) is -1.45. The SMILES string of the molecule is CC1CC(=O)Nc2cc(S(=O)(=O)CCC(=O)Nc3ccc(F)cc3)ccc2S1. The molecule has 2 amide bonds. The van der Waals surface area contributed by atoms with Gasteiger partial charge in [-0.1, -0.05) is 6.92 Å². The third kappa shape index (κ3) is 5.11. The molecule has 6 nitrogen and oxygen atoms in total. The zero-order valence-corrected chi connectivity index (χ0v) is 16.7. The van der Waals surface area contributed by atoms with Crippen molar-refractivity contribution in [1.29, 1.82) is 0 Å². The number of benzene rings is 2. The molecule has 1 unspecified atom stereocenters. The Morgan fingerprint density at radius 2 is 1.96 bits per heavy atom. The largest absolute Gasteiger partial charge is 0.326 e. The number of rotatable bonds is 5. The maximum atomic E-state index is 12.9. The van der Waals surface area contributed by atoms with Crippen LogP contribution in [0, 0.1) is 5.82 Å². The second-order valence-electron chi connectivity index (χ2n) is 6.46. The molecule has 0 saturated heterocycles. The normalized spacial score (nSPS) is 16.6. The Kier molecular flexibility index (Phi) is 6.04. The van der Waals surface area contributed by atoms with Gasteiger partial charge in [0.05, 0.1) is 16.3 Å². The predicted octanol–water partition coefficient (Wildman–Crippen LogP) is 3.45. The monoisotopic (exact) mass is 422 g/mol. The highest BCUT2D eigenvalue weighted by Crippen LogP contribution is 2.36. The van der Waals surface area contributed by atoms with Crippen molar-refractivity contribution in [3.05, 3.63) is 48.3 Å². The van der Waals surface area contributed by atoms with Crippen LogP contribution in [0.15, 0.2) is 52.3 Å². The van der Waals surface area contributed by atoms with Gasteiger partial charge in [-0.2, -0.15) is 0 Å². The van der Waals surface area contributed by atoms with Crippen LogP contribution in [0.4, 0.5) is 15.8 Å². The smallest absolute Gasteiger partial charge is 0.225 e. The Balaban J connectivity index is 1.68. The van der Waals surface area contributed by atoms with Gasteiger partial charge in [0.2, 0.25) is 11.8 Å². The van der Waals surface area contributed by atoms with Crippen LogP contribution < -0.4 is 10.6 Å². The van der Waals surface area contributed by atoms with E-state index < -0.39 is 21.6 Å². The molecule has 1 heterocycles. The Bertz CT molecular complexity index is 1010. The average Bonchev–Trinajstić information content (AvgIpc) is 2.77. The minimum Gasteiger partial charge on any atom is -0.326 e. The van der Waals surface area contributed by atoms with Gasteiger partial charge in [0.15, 0.2) is 9.84 Å². The van der Waals surface area contributed by atoms with Crippen molar-refractivity contribution in [3.63, 3.8) is 0 Å². The Labute approximate surface area is 166 Å². The van der Waals surface area contributed by atoms with E-state index in [9.17, 15) is 22.4 Å². The number of hydrogen-bond acceptors (Lipinski definition) is 5. The van der Waals surface area contributed by atoms with E-state index in [2.05, 4.69) is 10.6 Å². The molecule has 0 radical (unpaired) electrons. The molecule has 2 aromatic carbocycles. The van der Waals surface area contributed by atoms with Crippen LogP contribution in [0.5, 0.6) is 0 Å². The summed E-state index contributed by atoms with van der Waals surface area (Å²) < 4.78 is 38.1. The third-order valence-electron chi connectivity index (χ3n) is 4.11. The highest BCUT2D eigenvalue weighted by molar-refractivity contribution is 8.00. The van der Waals surface area contributed by atoms with E-state index in [0.29, 0.717) is 17.8 Å². The van der Waals surface area contributed by atoms with Gasteiger partial charge in [0, 0.05) is 28.7 Å². The molecule has 0 bridgehead atoms. The van der Waals surface area contributed by atoms with Gasteiger partial charge in [-0.15, -0.1) is 11.8 Å². The summed E-state index contributed by atoms with van der Waals surface area (Å²) in [5, 5.41) is 5.36. The standard InChI is InChI=1S/C19H19FN2O4S2/c1-12-10-19(24)22-16-11-15(6-7-17(16)27-12)28(25,26)9-8-18(23)21-14-4-2-13(20)3-5-14/h2-7,11-12H,8-10H2,1H3,(H,21,23)(H,22,24). The van der Waals surface area contributed by atoms with E-state index in [1.54, 1.807) is 6.07 Å². The van der Waals surface area contributed by atoms with Gasteiger partial charge in [-0.3, -0.25) is 9.59 Å². The number of sulfone groups is 1. The highest BCUT2D eigenvalue weighted by Gasteiger charge is 2.22. The molecule has 0 aromatic heterocycles. The Hall–Kier alpha value is -2.39. The van der Waals surface area contributed by atoms with Crippen molar-refractivity contribution in [1.82, 2.24) is 0 Å². The molecule has 9 heteroatoms. The van der Waals surface area contributed by atoms with Crippen LogP contribution in [0.1, 0.15) is 19.8 Å². The molecule has 1 atom stereocenters. The predicted molar refractivity (Wildman–Crippen MR) is 107 cm³/mol. The number of halogens is 1. The zero-order chi connectivity index (χ0) is 20.3. The molecule has 1 aliphatic heterocycles. The molecule has 1 aliphatic rings. The van der Waals surface area contributed by atoms with Gasteiger partial charge in [-0.05, 0) is 42.5 Å². The summed E-state index contributed by atoms with van der Waals surface area (Å²) in [6.07, 6.45) is 0.111. The van der Waals surface area contributed by atoms with Crippen LogP contribution in [0.3, 0.4) is 0 Å². The summed E-state index contributed by atoms with van der Waals surface area (Å²) in [4.78, 5) is 24.7. The maximum absolute atomic E-state index is 12.9. The number of nitrogens with one attached hydrogen (secondary N) is 2. The van der Waals surface area contributed by atoms with Crippen molar-refractivity contribution in [2.45, 2.75) is 34.8 Å². The fraction of sp³-hybridized carbons (Fsp3) is 0.263. The minimum atomic E-state index is -3.71. The first-order valence-corrected chi connectivity index (χ1v) is 11.1. The highest BCUT2D eigenvalue weighted by atomic mass is 32.2. The minimum absolute atomic E-state index is 0.0521. The number of hydrogen-bond donors (Lipinski definition) is 2. The van der Waals surface area contributed by atoms with Crippen molar-refractivity contribution >= 4 is 44.8 Å². The van der Waals surface area contributed by atoms with E-state index in [-0.39, 0.29) is 28.2 Å². The molecule has 2 aromatic rings. The van der Waals surface area contributed by atoms with Crippen LogP contribution in [0.2, 0.25) is 0 Å². The maximum Gasteiger partial charge on any atom is 0.225 e. The Morgan fingerprint density at radius 3 is 2.68 bits per heavy atom. The summed E-state index contributed by atoms with van der Waals surface area (Å²) >= 11 is 1.51. The van der Waals surface area contributed by atoms with E-state index in [1.807, 2.05) is 6.92 Å². The summed E-state index contributed by atoms with van der Waals surface area (Å²) in [6.45, 7) is 1.93. The first-order chi connectivity index (χ1) is 13.2. The molecule has 148 valence electrons. The first kappa shape index (κ1) is 20.3. The lowest BCUT2D eigenvalue weighted by atomic mass is 10.3. The molecular formula is C19H19FN2O4S2. The van der Waals surface area contributed by atoms with Crippen molar-refractivity contribution in [3.8, 4) is 0 Å². The molecular weight excluding hydrogens is 403 g/mol. The van der Waals surface area contributed by atoms with Crippen LogP contribution in [-0.2, 0) is 19.4 Å². The van der Waals surface area contributed by atoms with Crippen molar-refractivity contribution in [2.75, 3.05) is 16.4 Å². The molecule has 0 spiro atoms. The number of carbonyl (C=O) groups is 2. The van der Waals surface area contributed by atoms with E-state index in [1.165, 1.54) is 48.2 Å². The lowest BCUT2D eigenvalue weighted by molar-refractivity contribution is -0.116.